The largest absolute Gasteiger partial charge is 0.473 e. The van der Waals surface area contributed by atoms with Crippen molar-refractivity contribution >= 4 is 34.9 Å². The maximum Gasteiger partial charge on any atom is 0.414 e. The van der Waals surface area contributed by atoms with Gasteiger partial charge in [0, 0.05) is 12.7 Å². The van der Waals surface area contributed by atoms with E-state index in [-0.39, 0.29) is 19.1 Å². The molecular formula is C22H32N4O8. The van der Waals surface area contributed by atoms with Crippen molar-refractivity contribution in [1.82, 2.24) is 10.5 Å². The normalized spacial score (nSPS) is 12.6. The summed E-state index contributed by atoms with van der Waals surface area (Å²) in [5.41, 5.74) is 4.60. The third-order valence-electron chi connectivity index (χ3n) is 4.04. The molecule has 0 radical (unpaired) electrons. The molecule has 0 aliphatic heterocycles. The molecule has 3 amide bonds. The predicted octanol–water partition coefficient (Wildman–Crippen LogP) is 3.57. The third-order valence-corrected chi connectivity index (χ3v) is 4.04. The minimum Gasteiger partial charge on any atom is -0.473 e. The quantitative estimate of drug-likeness (QED) is 0.566. The molecule has 0 saturated carbocycles. The molecule has 3 N–H and O–H groups in total. The van der Waals surface area contributed by atoms with Crippen LogP contribution in [-0.4, -0.2) is 60.9 Å². The standard InChI is InChI=1S/C22H32N4O8/c1-21(2,3)32-19(28)24-13(12-31-18(23)27)11-30-17-15-10-14(8-9-16(15)34-25-17)26(7)20(29)33-22(4,5)6/h8-10,13H,11-12H2,1-7H3,(H2,23,27)(H,24,28). The number of primary amides is 1. The summed E-state index contributed by atoms with van der Waals surface area (Å²) in [7, 11) is 1.57. The number of rotatable bonds is 7. The molecule has 0 spiro atoms. The van der Waals surface area contributed by atoms with Gasteiger partial charge in [-0.05, 0) is 64.9 Å². The van der Waals surface area contributed by atoms with E-state index < -0.39 is 35.5 Å². The van der Waals surface area contributed by atoms with E-state index in [2.05, 4.69) is 10.5 Å². The van der Waals surface area contributed by atoms with Crippen LogP contribution in [0.15, 0.2) is 22.7 Å². The van der Waals surface area contributed by atoms with Crippen molar-refractivity contribution in [1.29, 1.82) is 0 Å². The Balaban J connectivity index is 2.16. The fourth-order valence-electron chi connectivity index (χ4n) is 2.62. The zero-order valence-electron chi connectivity index (χ0n) is 20.5. The van der Waals surface area contributed by atoms with Crippen molar-refractivity contribution in [2.45, 2.75) is 58.8 Å². The van der Waals surface area contributed by atoms with E-state index in [9.17, 15) is 14.4 Å². The fraction of sp³-hybridized carbons (Fsp3) is 0.545. The first kappa shape index (κ1) is 26.6. The maximum absolute atomic E-state index is 12.4. The molecule has 1 aromatic heterocycles. The maximum atomic E-state index is 12.4. The summed E-state index contributed by atoms with van der Waals surface area (Å²) in [4.78, 5) is 36.9. The lowest BCUT2D eigenvalue weighted by Gasteiger charge is -2.24. The van der Waals surface area contributed by atoms with Gasteiger partial charge in [0.1, 0.15) is 30.5 Å². The lowest BCUT2D eigenvalue weighted by Crippen LogP contribution is -2.45. The summed E-state index contributed by atoms with van der Waals surface area (Å²) < 4.78 is 26.4. The molecule has 2 aromatic rings. The summed E-state index contributed by atoms with van der Waals surface area (Å²) in [6.07, 6.45) is -2.26. The molecule has 0 aliphatic carbocycles. The zero-order chi connectivity index (χ0) is 25.7. The SMILES string of the molecule is CN(C(=O)OC(C)(C)C)c1ccc2onc(OCC(COC(N)=O)NC(=O)OC(C)(C)C)c2c1. The van der Waals surface area contributed by atoms with Gasteiger partial charge in [0.25, 0.3) is 5.88 Å². The number of amides is 3. The Morgan fingerprint density at radius 2 is 1.74 bits per heavy atom. The minimum atomic E-state index is -1.00. The number of carbonyl (C=O) groups is 3. The van der Waals surface area contributed by atoms with Gasteiger partial charge in [-0.2, -0.15) is 0 Å². The molecule has 12 heteroatoms. The predicted molar refractivity (Wildman–Crippen MR) is 123 cm³/mol. The molecule has 0 fully saturated rings. The number of alkyl carbamates (subject to hydrolysis) is 1. The molecule has 12 nitrogen and oxygen atoms in total. The molecule has 2 rings (SSSR count). The number of benzene rings is 1. The summed E-state index contributed by atoms with van der Waals surface area (Å²) in [6.45, 7) is 10.1. The number of aromatic nitrogens is 1. The van der Waals surface area contributed by atoms with Gasteiger partial charge in [0.2, 0.25) is 0 Å². The minimum absolute atomic E-state index is 0.115. The Labute approximate surface area is 197 Å². The van der Waals surface area contributed by atoms with Gasteiger partial charge >= 0.3 is 18.3 Å². The lowest BCUT2D eigenvalue weighted by molar-refractivity contribution is 0.0444. The van der Waals surface area contributed by atoms with Gasteiger partial charge in [-0.25, -0.2) is 14.4 Å². The van der Waals surface area contributed by atoms with E-state index >= 15 is 0 Å². The topological polar surface area (TPSA) is 155 Å². The van der Waals surface area contributed by atoms with Crippen LogP contribution in [0.5, 0.6) is 5.88 Å². The number of ether oxygens (including phenoxy) is 4. The Hall–Kier alpha value is -3.70. The van der Waals surface area contributed by atoms with Crippen molar-refractivity contribution in [3.05, 3.63) is 18.2 Å². The summed E-state index contributed by atoms with van der Waals surface area (Å²) in [6, 6.07) is 4.18. The molecule has 1 unspecified atom stereocenters. The van der Waals surface area contributed by atoms with Crippen LogP contribution in [0.25, 0.3) is 11.0 Å². The van der Waals surface area contributed by atoms with Crippen LogP contribution in [0.1, 0.15) is 41.5 Å². The van der Waals surface area contributed by atoms with Gasteiger partial charge < -0.3 is 34.5 Å². The highest BCUT2D eigenvalue weighted by Crippen LogP contribution is 2.29. The highest BCUT2D eigenvalue weighted by atomic mass is 16.6. The van der Waals surface area contributed by atoms with Crippen LogP contribution >= 0.6 is 0 Å². The van der Waals surface area contributed by atoms with Crippen molar-refractivity contribution in [3.63, 3.8) is 0 Å². The Kier molecular flexibility index (Phi) is 8.19. The third kappa shape index (κ3) is 8.34. The Morgan fingerprint density at radius 3 is 2.32 bits per heavy atom. The van der Waals surface area contributed by atoms with E-state index in [0.717, 1.165) is 0 Å². The summed E-state index contributed by atoms with van der Waals surface area (Å²) in [5, 5.41) is 6.94. The molecule has 34 heavy (non-hydrogen) atoms. The van der Waals surface area contributed by atoms with Crippen LogP contribution in [0.2, 0.25) is 0 Å². The smallest absolute Gasteiger partial charge is 0.414 e. The number of hydrogen-bond acceptors (Lipinski definition) is 9. The number of nitrogens with two attached hydrogens (primary N) is 1. The van der Waals surface area contributed by atoms with Gasteiger partial charge in [0.05, 0.1) is 5.39 Å². The molecule has 0 saturated heterocycles. The number of anilines is 1. The fourth-order valence-corrected chi connectivity index (χ4v) is 2.62. The van der Waals surface area contributed by atoms with Crippen LogP contribution in [0.3, 0.4) is 0 Å². The second kappa shape index (κ2) is 10.5. The number of nitrogens with one attached hydrogen (secondary N) is 1. The summed E-state index contributed by atoms with van der Waals surface area (Å²) in [5.74, 6) is 0.115. The first-order chi connectivity index (χ1) is 15.6. The molecular weight excluding hydrogens is 448 g/mol. The van der Waals surface area contributed by atoms with E-state index in [1.807, 2.05) is 0 Å². The van der Waals surface area contributed by atoms with Crippen LogP contribution < -0.4 is 20.7 Å². The van der Waals surface area contributed by atoms with E-state index in [1.54, 1.807) is 66.8 Å². The van der Waals surface area contributed by atoms with Crippen molar-refractivity contribution in [2.24, 2.45) is 5.73 Å². The molecule has 1 aromatic carbocycles. The highest BCUT2D eigenvalue weighted by molar-refractivity contribution is 5.92. The number of hydrogen-bond donors (Lipinski definition) is 2. The van der Waals surface area contributed by atoms with Crippen LogP contribution in [0, 0.1) is 0 Å². The molecule has 0 aliphatic rings. The number of carbonyl (C=O) groups excluding carboxylic acids is 3. The van der Waals surface area contributed by atoms with Gasteiger partial charge in [-0.3, -0.25) is 4.90 Å². The lowest BCUT2D eigenvalue weighted by atomic mass is 10.2. The average molecular weight is 481 g/mol. The molecule has 0 bridgehead atoms. The average Bonchev–Trinajstić information content (AvgIpc) is 3.08. The van der Waals surface area contributed by atoms with Gasteiger partial charge in [-0.15, -0.1) is 0 Å². The van der Waals surface area contributed by atoms with Crippen LogP contribution in [-0.2, 0) is 14.2 Å². The van der Waals surface area contributed by atoms with Crippen molar-refractivity contribution in [2.75, 3.05) is 25.2 Å². The number of fused-ring (bicyclic) bond motifs is 1. The Bertz CT molecular complexity index is 1020. The highest BCUT2D eigenvalue weighted by Gasteiger charge is 2.24. The van der Waals surface area contributed by atoms with Crippen LogP contribution in [0.4, 0.5) is 20.1 Å². The monoisotopic (exact) mass is 480 g/mol. The van der Waals surface area contributed by atoms with E-state index in [4.69, 9.17) is 29.2 Å². The second-order valence-electron chi connectivity index (χ2n) is 9.49. The van der Waals surface area contributed by atoms with Crippen molar-refractivity contribution < 1.29 is 37.9 Å². The second-order valence-corrected chi connectivity index (χ2v) is 9.49. The zero-order valence-corrected chi connectivity index (χ0v) is 20.5. The molecule has 1 heterocycles. The number of nitrogens with zero attached hydrogens (tertiary/aromatic N) is 2. The first-order valence-electron chi connectivity index (χ1n) is 10.6. The molecule has 1 atom stereocenters. The van der Waals surface area contributed by atoms with E-state index in [1.165, 1.54) is 4.90 Å². The first-order valence-corrected chi connectivity index (χ1v) is 10.6. The van der Waals surface area contributed by atoms with Crippen molar-refractivity contribution in [3.8, 4) is 5.88 Å². The summed E-state index contributed by atoms with van der Waals surface area (Å²) >= 11 is 0. The van der Waals surface area contributed by atoms with E-state index in [0.29, 0.717) is 16.7 Å². The van der Waals surface area contributed by atoms with Gasteiger partial charge in [-0.1, -0.05) is 0 Å². The molecule has 188 valence electrons. The van der Waals surface area contributed by atoms with Gasteiger partial charge in [0.15, 0.2) is 5.58 Å². The Morgan fingerprint density at radius 1 is 1.09 bits per heavy atom.